The highest BCUT2D eigenvalue weighted by Gasteiger charge is 1.92. The highest BCUT2D eigenvalue weighted by atomic mass is 14.0. The van der Waals surface area contributed by atoms with Crippen LogP contribution in [0.4, 0.5) is 0 Å². The molecule has 0 heterocycles. The maximum Gasteiger partial charge on any atom is -0.0348 e. The standard InChI is InChI=1S/C17H32/c1-3-5-7-9-11-13-15-17-16-14-12-10-8-6-4-2/h3,5,7H,1,4,6,8-17H2,2H3/b7-5+. The van der Waals surface area contributed by atoms with Crippen molar-refractivity contribution in [2.75, 3.05) is 0 Å². The van der Waals surface area contributed by atoms with E-state index in [-0.39, 0.29) is 0 Å². The van der Waals surface area contributed by atoms with E-state index in [1.165, 1.54) is 77.0 Å². The van der Waals surface area contributed by atoms with Gasteiger partial charge in [-0.25, -0.2) is 0 Å². The van der Waals surface area contributed by atoms with Crippen LogP contribution in [0.5, 0.6) is 0 Å². The van der Waals surface area contributed by atoms with Gasteiger partial charge in [-0.15, -0.1) is 0 Å². The molecule has 0 amide bonds. The minimum absolute atomic E-state index is 1.23. The first-order chi connectivity index (χ1) is 8.41. The summed E-state index contributed by atoms with van der Waals surface area (Å²) in [6.07, 6.45) is 23.0. The fourth-order valence-corrected chi connectivity index (χ4v) is 2.12. The van der Waals surface area contributed by atoms with Crippen LogP contribution in [0.2, 0.25) is 0 Å². The molecule has 0 fully saturated rings. The topological polar surface area (TPSA) is 0 Å². The molecule has 0 aromatic heterocycles. The van der Waals surface area contributed by atoms with Gasteiger partial charge in [0.05, 0.1) is 0 Å². The lowest BCUT2D eigenvalue weighted by Crippen LogP contribution is -1.81. The van der Waals surface area contributed by atoms with Gasteiger partial charge in [-0.1, -0.05) is 95.9 Å². The zero-order valence-electron chi connectivity index (χ0n) is 11.9. The van der Waals surface area contributed by atoms with Crippen LogP contribution in [-0.2, 0) is 0 Å². The number of unbranched alkanes of at least 4 members (excludes halogenated alkanes) is 11. The molecule has 0 aliphatic heterocycles. The predicted molar refractivity (Wildman–Crippen MR) is 80.4 cm³/mol. The maximum atomic E-state index is 3.67. The van der Waals surface area contributed by atoms with Crippen molar-refractivity contribution >= 4 is 0 Å². The molecule has 0 aliphatic carbocycles. The molecule has 100 valence electrons. The molecular formula is C17H32. The molecule has 0 rings (SSSR count). The molecule has 0 spiro atoms. The molecular weight excluding hydrogens is 204 g/mol. The van der Waals surface area contributed by atoms with Crippen molar-refractivity contribution in [2.24, 2.45) is 0 Å². The van der Waals surface area contributed by atoms with Gasteiger partial charge < -0.3 is 0 Å². The second-order valence-electron chi connectivity index (χ2n) is 4.99. The second-order valence-corrected chi connectivity index (χ2v) is 4.99. The Bertz CT molecular complexity index is 167. The lowest BCUT2D eigenvalue weighted by molar-refractivity contribution is 0.550. The van der Waals surface area contributed by atoms with Gasteiger partial charge in [-0.3, -0.25) is 0 Å². The zero-order chi connectivity index (χ0) is 12.6. The smallest absolute Gasteiger partial charge is 0.0348 e. The van der Waals surface area contributed by atoms with Gasteiger partial charge in [-0.2, -0.15) is 0 Å². The minimum Gasteiger partial charge on any atom is -0.0991 e. The average molecular weight is 236 g/mol. The summed E-state index contributed by atoms with van der Waals surface area (Å²) in [6.45, 7) is 5.95. The molecule has 0 N–H and O–H groups in total. The van der Waals surface area contributed by atoms with Crippen LogP contribution in [-0.4, -0.2) is 0 Å². The van der Waals surface area contributed by atoms with Crippen LogP contribution in [0, 0.1) is 0 Å². The molecule has 0 bridgehead atoms. The van der Waals surface area contributed by atoms with E-state index in [0.717, 1.165) is 0 Å². The molecule has 0 aromatic carbocycles. The van der Waals surface area contributed by atoms with Crippen molar-refractivity contribution in [2.45, 2.75) is 84.0 Å². The van der Waals surface area contributed by atoms with Crippen LogP contribution in [0.25, 0.3) is 0 Å². The molecule has 0 saturated carbocycles. The van der Waals surface area contributed by atoms with E-state index in [1.807, 2.05) is 6.08 Å². The molecule has 0 aromatic rings. The Kier molecular flexibility index (Phi) is 15.0. The molecule has 0 atom stereocenters. The molecule has 0 nitrogen and oxygen atoms in total. The van der Waals surface area contributed by atoms with Gasteiger partial charge in [0.2, 0.25) is 0 Å². The fourth-order valence-electron chi connectivity index (χ4n) is 2.12. The third kappa shape index (κ3) is 15.5. The lowest BCUT2D eigenvalue weighted by Gasteiger charge is -2.01. The maximum absolute atomic E-state index is 3.67. The monoisotopic (exact) mass is 236 g/mol. The van der Waals surface area contributed by atoms with Crippen LogP contribution in [0.15, 0.2) is 24.8 Å². The SMILES string of the molecule is C=C/C=C/CCCCCCCCCCCCC. The highest BCUT2D eigenvalue weighted by Crippen LogP contribution is 2.11. The van der Waals surface area contributed by atoms with Crippen molar-refractivity contribution in [1.29, 1.82) is 0 Å². The second kappa shape index (κ2) is 15.5. The Balaban J connectivity index is 2.93. The van der Waals surface area contributed by atoms with E-state index in [0.29, 0.717) is 0 Å². The lowest BCUT2D eigenvalue weighted by atomic mass is 10.1. The number of hydrogen-bond donors (Lipinski definition) is 0. The van der Waals surface area contributed by atoms with Crippen molar-refractivity contribution in [3.63, 3.8) is 0 Å². The van der Waals surface area contributed by atoms with Gasteiger partial charge in [0.1, 0.15) is 0 Å². The normalized spacial score (nSPS) is 11.1. The Hall–Kier alpha value is -0.520. The van der Waals surface area contributed by atoms with E-state index in [1.54, 1.807) is 0 Å². The Morgan fingerprint density at radius 2 is 1.18 bits per heavy atom. The van der Waals surface area contributed by atoms with Gasteiger partial charge in [0.15, 0.2) is 0 Å². The molecule has 0 unspecified atom stereocenters. The first-order valence-electron chi connectivity index (χ1n) is 7.69. The summed E-state index contributed by atoms with van der Waals surface area (Å²) in [5.41, 5.74) is 0. The molecule has 0 saturated heterocycles. The number of rotatable bonds is 13. The summed E-state index contributed by atoms with van der Waals surface area (Å²) in [5, 5.41) is 0. The minimum atomic E-state index is 1.23. The third-order valence-electron chi connectivity index (χ3n) is 3.25. The molecule has 0 aliphatic rings. The van der Waals surface area contributed by atoms with E-state index in [4.69, 9.17) is 0 Å². The van der Waals surface area contributed by atoms with Gasteiger partial charge >= 0.3 is 0 Å². The largest absolute Gasteiger partial charge is 0.0991 e. The third-order valence-corrected chi connectivity index (χ3v) is 3.25. The van der Waals surface area contributed by atoms with Crippen molar-refractivity contribution in [1.82, 2.24) is 0 Å². The van der Waals surface area contributed by atoms with Crippen LogP contribution in [0.1, 0.15) is 84.0 Å². The fraction of sp³-hybridized carbons (Fsp3) is 0.765. The Morgan fingerprint density at radius 1 is 0.706 bits per heavy atom. The van der Waals surface area contributed by atoms with Crippen molar-refractivity contribution in [3.8, 4) is 0 Å². The van der Waals surface area contributed by atoms with E-state index in [2.05, 4.69) is 25.7 Å². The van der Waals surface area contributed by atoms with Crippen LogP contribution >= 0.6 is 0 Å². The van der Waals surface area contributed by atoms with Crippen LogP contribution in [0.3, 0.4) is 0 Å². The van der Waals surface area contributed by atoms with Gasteiger partial charge in [0.25, 0.3) is 0 Å². The molecule has 0 heteroatoms. The molecule has 17 heavy (non-hydrogen) atoms. The zero-order valence-corrected chi connectivity index (χ0v) is 11.9. The number of allylic oxidation sites excluding steroid dienone is 3. The number of hydrogen-bond acceptors (Lipinski definition) is 0. The van der Waals surface area contributed by atoms with E-state index >= 15 is 0 Å². The summed E-state index contributed by atoms with van der Waals surface area (Å²) in [7, 11) is 0. The van der Waals surface area contributed by atoms with Gasteiger partial charge in [-0.05, 0) is 12.8 Å². The van der Waals surface area contributed by atoms with E-state index in [9.17, 15) is 0 Å². The summed E-state index contributed by atoms with van der Waals surface area (Å²) < 4.78 is 0. The quantitative estimate of drug-likeness (QED) is 0.255. The summed E-state index contributed by atoms with van der Waals surface area (Å²) in [4.78, 5) is 0. The average Bonchev–Trinajstić information content (AvgIpc) is 2.35. The molecule has 0 radical (unpaired) electrons. The predicted octanol–water partition coefficient (Wildman–Crippen LogP) is 6.43. The summed E-state index contributed by atoms with van der Waals surface area (Å²) in [6, 6.07) is 0. The first kappa shape index (κ1) is 16.5. The Labute approximate surface area is 109 Å². The van der Waals surface area contributed by atoms with E-state index < -0.39 is 0 Å². The summed E-state index contributed by atoms with van der Waals surface area (Å²) >= 11 is 0. The summed E-state index contributed by atoms with van der Waals surface area (Å²) in [5.74, 6) is 0. The highest BCUT2D eigenvalue weighted by molar-refractivity contribution is 4.96. The van der Waals surface area contributed by atoms with Gasteiger partial charge in [0, 0.05) is 0 Å². The van der Waals surface area contributed by atoms with Crippen molar-refractivity contribution < 1.29 is 0 Å². The first-order valence-corrected chi connectivity index (χ1v) is 7.69. The van der Waals surface area contributed by atoms with Crippen LogP contribution < -0.4 is 0 Å². The Morgan fingerprint density at radius 3 is 1.65 bits per heavy atom. The van der Waals surface area contributed by atoms with Crippen molar-refractivity contribution in [3.05, 3.63) is 24.8 Å².